The molecule has 4 aromatic heterocycles. The third-order valence-corrected chi connectivity index (χ3v) is 30.1. The highest BCUT2D eigenvalue weighted by Crippen LogP contribution is 2.53. The predicted octanol–water partition coefficient (Wildman–Crippen LogP) is 36.6. The van der Waals surface area contributed by atoms with Crippen molar-refractivity contribution >= 4 is 107 Å². The summed E-state index contributed by atoms with van der Waals surface area (Å²) >= 11 is 3.82. The summed E-state index contributed by atoms with van der Waals surface area (Å²) in [4.78, 5) is 0. The maximum Gasteiger partial charge on any atom is 0.0541 e. The average Bonchev–Trinajstić information content (AvgIpc) is 1.57. The highest BCUT2D eigenvalue weighted by molar-refractivity contribution is 7.27. The normalized spacial score (nSPS) is 12.2. The zero-order chi connectivity index (χ0) is 88.2. The van der Waals surface area contributed by atoms with E-state index >= 15 is 0 Å². The first-order valence-electron chi connectivity index (χ1n) is 45.9. The fraction of sp³-hybridized carbons (Fsp3) is 0.0233. The SMILES string of the molecule is CC1(C)c2ccccc2-c2ccc(-c3cccc(-c4cc(-c5ccc6c(c5)c5cc(-c7ccccc7)ccc5n6-c5ccccc5)cc(-c5cccc6c5sc5c(-c7ccccc7)cccc56)c4)c3)cc21.c1ccc(-c2cccc(-c3cc(-c4ccc5c(c4)c4cc(-c6ccccc6)ccc4n5-c4ccccc4)cc(-c4cccc5c4sc4c(-c6ccccc6)cccc45)c3)c2)cc1. The molecule has 0 N–H and O–H groups in total. The van der Waals surface area contributed by atoms with Crippen LogP contribution in [0.15, 0.2) is 485 Å². The third-order valence-electron chi connectivity index (χ3n) is 27.6. The summed E-state index contributed by atoms with van der Waals surface area (Å²) < 4.78 is 10.1. The van der Waals surface area contributed by atoms with Crippen LogP contribution in [0.5, 0.6) is 0 Å². The van der Waals surface area contributed by atoms with Crippen molar-refractivity contribution in [3.8, 4) is 156 Å². The van der Waals surface area contributed by atoms with Crippen molar-refractivity contribution < 1.29 is 0 Å². The summed E-state index contributed by atoms with van der Waals surface area (Å²) in [5, 5.41) is 10.1. The molecule has 0 unspecified atom stereocenters. The minimum atomic E-state index is -0.0735. The van der Waals surface area contributed by atoms with Crippen LogP contribution in [-0.2, 0) is 5.41 Å². The fourth-order valence-electron chi connectivity index (χ4n) is 21.0. The van der Waals surface area contributed by atoms with Gasteiger partial charge in [-0.15, -0.1) is 22.7 Å². The second kappa shape index (κ2) is 32.7. The molecule has 0 atom stereocenters. The van der Waals surface area contributed by atoms with E-state index in [-0.39, 0.29) is 5.41 Å². The van der Waals surface area contributed by atoms with Crippen LogP contribution in [0.4, 0.5) is 0 Å². The van der Waals surface area contributed by atoms with Gasteiger partial charge in [0.15, 0.2) is 0 Å². The van der Waals surface area contributed by atoms with Gasteiger partial charge in [0.25, 0.3) is 0 Å². The molecule has 25 aromatic rings. The molecule has 0 saturated heterocycles. The lowest BCUT2D eigenvalue weighted by molar-refractivity contribution is 0.660. The lowest BCUT2D eigenvalue weighted by Crippen LogP contribution is -2.14. The molecule has 2 nitrogen and oxygen atoms in total. The van der Waals surface area contributed by atoms with Gasteiger partial charge in [0.1, 0.15) is 0 Å². The van der Waals surface area contributed by atoms with Crippen molar-refractivity contribution in [2.24, 2.45) is 0 Å². The van der Waals surface area contributed by atoms with Crippen LogP contribution in [0.3, 0.4) is 0 Å². The van der Waals surface area contributed by atoms with E-state index in [1.54, 1.807) is 0 Å². The molecule has 0 aliphatic heterocycles. The Hall–Kier alpha value is -16.3. The van der Waals surface area contributed by atoms with Gasteiger partial charge in [-0.2, -0.15) is 0 Å². The summed E-state index contributed by atoms with van der Waals surface area (Å²) in [7, 11) is 0. The number of rotatable bonds is 14. The van der Waals surface area contributed by atoms with E-state index in [2.05, 4.69) is 508 Å². The Balaban J connectivity index is 0.000000144. The minimum absolute atomic E-state index is 0.0735. The molecule has 4 heteroatoms. The van der Waals surface area contributed by atoms with Gasteiger partial charge < -0.3 is 9.13 Å². The Kier molecular flexibility index (Phi) is 19.4. The van der Waals surface area contributed by atoms with Gasteiger partial charge in [-0.1, -0.05) is 372 Å². The summed E-state index contributed by atoms with van der Waals surface area (Å²) in [5.41, 5.74) is 41.7. The Morgan fingerprint density at radius 3 is 0.744 bits per heavy atom. The van der Waals surface area contributed by atoms with Crippen molar-refractivity contribution in [3.63, 3.8) is 0 Å². The van der Waals surface area contributed by atoms with Crippen molar-refractivity contribution in [2.45, 2.75) is 19.3 Å². The number of hydrogen-bond acceptors (Lipinski definition) is 2. The molecular formula is C129H86N2S2. The zero-order valence-corrected chi connectivity index (χ0v) is 75.0. The first kappa shape index (κ1) is 78.9. The lowest BCUT2D eigenvalue weighted by Gasteiger charge is -2.22. The van der Waals surface area contributed by atoms with E-state index in [1.807, 2.05) is 22.7 Å². The number of benzene rings is 21. The highest BCUT2D eigenvalue weighted by Gasteiger charge is 2.36. The monoisotopic (exact) mass is 1730 g/mol. The molecule has 0 saturated carbocycles. The maximum atomic E-state index is 2.44. The number of hydrogen-bond donors (Lipinski definition) is 0. The molecule has 0 radical (unpaired) electrons. The van der Waals surface area contributed by atoms with Gasteiger partial charge in [-0.25, -0.2) is 0 Å². The van der Waals surface area contributed by atoms with Crippen molar-refractivity contribution in [2.75, 3.05) is 0 Å². The van der Waals surface area contributed by atoms with Crippen LogP contribution in [-0.4, -0.2) is 9.13 Å². The van der Waals surface area contributed by atoms with Crippen LogP contribution in [0.2, 0.25) is 0 Å². The largest absolute Gasteiger partial charge is 0.309 e. The molecule has 133 heavy (non-hydrogen) atoms. The molecule has 0 bridgehead atoms. The van der Waals surface area contributed by atoms with Crippen LogP contribution in [0.1, 0.15) is 25.0 Å². The number of nitrogens with zero attached hydrogens (tertiary/aromatic N) is 2. The van der Waals surface area contributed by atoms with Gasteiger partial charge >= 0.3 is 0 Å². The summed E-state index contributed by atoms with van der Waals surface area (Å²) in [6.07, 6.45) is 0. The van der Waals surface area contributed by atoms with E-state index in [9.17, 15) is 0 Å². The van der Waals surface area contributed by atoms with Crippen LogP contribution < -0.4 is 0 Å². The Morgan fingerprint density at radius 2 is 0.383 bits per heavy atom. The van der Waals surface area contributed by atoms with Gasteiger partial charge in [0, 0.05) is 78.7 Å². The summed E-state index contributed by atoms with van der Waals surface area (Å²) in [5.74, 6) is 0. The van der Waals surface area contributed by atoms with Crippen molar-refractivity contribution in [3.05, 3.63) is 496 Å². The van der Waals surface area contributed by atoms with Gasteiger partial charge in [-0.05, 0) is 283 Å². The Morgan fingerprint density at radius 1 is 0.150 bits per heavy atom. The van der Waals surface area contributed by atoms with E-state index in [0.29, 0.717) is 0 Å². The Labute approximate surface area is 781 Å². The van der Waals surface area contributed by atoms with Gasteiger partial charge in [0.2, 0.25) is 0 Å². The number of fused-ring (bicyclic) bond motifs is 15. The number of para-hydroxylation sites is 2. The van der Waals surface area contributed by atoms with E-state index in [1.165, 1.54) is 240 Å². The molecule has 624 valence electrons. The highest BCUT2D eigenvalue weighted by atomic mass is 32.1. The molecular weight excluding hydrogens is 1640 g/mol. The van der Waals surface area contributed by atoms with Gasteiger partial charge in [0.05, 0.1) is 22.1 Å². The zero-order valence-electron chi connectivity index (χ0n) is 73.4. The predicted molar refractivity (Wildman–Crippen MR) is 570 cm³/mol. The molecule has 0 amide bonds. The second-order valence-electron chi connectivity index (χ2n) is 35.7. The number of aromatic nitrogens is 2. The average molecular weight is 1730 g/mol. The van der Waals surface area contributed by atoms with Crippen LogP contribution in [0, 0.1) is 0 Å². The third kappa shape index (κ3) is 13.9. The summed E-state index contributed by atoms with van der Waals surface area (Å²) in [6, 6.07) is 179. The first-order valence-corrected chi connectivity index (χ1v) is 47.5. The molecule has 4 heterocycles. The van der Waals surface area contributed by atoms with Crippen LogP contribution >= 0.6 is 22.7 Å². The van der Waals surface area contributed by atoms with Crippen molar-refractivity contribution in [1.29, 1.82) is 0 Å². The molecule has 26 rings (SSSR count). The van der Waals surface area contributed by atoms with Crippen molar-refractivity contribution in [1.82, 2.24) is 9.13 Å². The topological polar surface area (TPSA) is 9.86 Å². The molecule has 1 aliphatic carbocycles. The minimum Gasteiger partial charge on any atom is -0.309 e. The quantitative estimate of drug-likeness (QED) is 0.103. The van der Waals surface area contributed by atoms with E-state index in [0.717, 1.165) is 11.4 Å². The number of thiophene rings is 2. The second-order valence-corrected chi connectivity index (χ2v) is 37.8. The molecule has 1 aliphatic rings. The maximum absolute atomic E-state index is 2.44. The Bertz CT molecular complexity index is 8860. The van der Waals surface area contributed by atoms with Gasteiger partial charge in [-0.3, -0.25) is 0 Å². The van der Waals surface area contributed by atoms with Crippen LogP contribution in [0.25, 0.3) is 240 Å². The smallest absolute Gasteiger partial charge is 0.0541 e. The molecule has 0 fully saturated rings. The van der Waals surface area contributed by atoms with E-state index in [4.69, 9.17) is 0 Å². The van der Waals surface area contributed by atoms with E-state index < -0.39 is 0 Å². The standard InChI is InChI=1S/C69H47NS.C60H39NS/c1-69(2)63-30-13-12-25-57(63)58-34-31-50(43-64(58)69)46-21-14-22-47(37-46)51-38-52(40-53(39-51)56-27-16-29-60-59-28-15-26-55(67(59)71-68(56)60)45-19-8-4-9-20-45)49-33-36-66-62(42-49)61-41-48(44-17-6-3-7-18-44)32-35-65(61)70(66)54-23-10-5-11-24-54;1-5-16-40(17-6-1)43-22-13-23-44(34-43)47-35-48(37-49(36-47)52-27-15-29-54-53-28-14-26-51(59(53)62-60(52)54)42-20-9-3-10-21-42)46-31-33-58-56(39-46)55-38-45(41-18-7-2-8-19-41)30-32-57(55)61(58)50-24-11-4-12-25-50/h3-43H,1-2H3;1-39H. The molecule has 0 spiro atoms. The lowest BCUT2D eigenvalue weighted by atomic mass is 9.81. The summed E-state index contributed by atoms with van der Waals surface area (Å²) in [6.45, 7) is 4.73. The fourth-order valence-corrected chi connectivity index (χ4v) is 23.8. The molecule has 21 aromatic carbocycles. The first-order chi connectivity index (χ1) is 65.7.